The Morgan fingerprint density at radius 1 is 1.08 bits per heavy atom. The minimum Gasteiger partial charge on any atom is -0.467 e. The molecule has 1 fully saturated rings. The number of carbonyl (C=O) groups is 2. The Labute approximate surface area is 139 Å². The zero-order valence-electron chi connectivity index (χ0n) is 13.1. The Hall–Kier alpha value is -2.64. The Morgan fingerprint density at radius 2 is 1.92 bits per heavy atom. The summed E-state index contributed by atoms with van der Waals surface area (Å²) in [7, 11) is 0. The van der Waals surface area contributed by atoms with Crippen molar-refractivity contribution < 1.29 is 14.0 Å². The van der Waals surface area contributed by atoms with Crippen LogP contribution in [0.3, 0.4) is 0 Å². The number of hydrogen-bond donors (Lipinski definition) is 4. The van der Waals surface area contributed by atoms with E-state index < -0.39 is 0 Å². The molecule has 0 aliphatic carbocycles. The van der Waals surface area contributed by atoms with Gasteiger partial charge in [0.2, 0.25) is 11.8 Å². The summed E-state index contributed by atoms with van der Waals surface area (Å²) < 4.78 is 5.12. The minimum atomic E-state index is -0.368. The smallest absolute Gasteiger partial charge is 0.239 e. The molecular weight excluding hydrogens is 308 g/mol. The van der Waals surface area contributed by atoms with E-state index in [9.17, 15) is 9.59 Å². The quantitative estimate of drug-likeness (QED) is 0.623. The van der Waals surface area contributed by atoms with E-state index in [1.807, 2.05) is 30.3 Å². The molecule has 1 aliphatic heterocycles. The van der Waals surface area contributed by atoms with Gasteiger partial charge in [0.1, 0.15) is 11.8 Å². The van der Waals surface area contributed by atoms with Crippen molar-refractivity contribution in [2.45, 2.75) is 25.0 Å². The number of amides is 2. The molecule has 7 heteroatoms. The second-order valence-corrected chi connectivity index (χ2v) is 5.61. The molecular formula is C17H20N4O3. The van der Waals surface area contributed by atoms with E-state index in [0.717, 1.165) is 5.56 Å². The summed E-state index contributed by atoms with van der Waals surface area (Å²) in [4.78, 5) is 23.9. The number of furan rings is 1. The third kappa shape index (κ3) is 4.21. The predicted octanol–water partition coefficient (Wildman–Crippen LogP) is 0.620. The van der Waals surface area contributed by atoms with Gasteiger partial charge in [0, 0.05) is 6.04 Å². The van der Waals surface area contributed by atoms with Gasteiger partial charge >= 0.3 is 0 Å². The minimum absolute atomic E-state index is 0.0618. The lowest BCUT2D eigenvalue weighted by molar-refractivity contribution is -0.127. The molecule has 24 heavy (non-hydrogen) atoms. The van der Waals surface area contributed by atoms with Crippen LogP contribution in [0.2, 0.25) is 0 Å². The Bertz CT molecular complexity index is 672. The maximum atomic E-state index is 12.1. The highest BCUT2D eigenvalue weighted by molar-refractivity contribution is 5.87. The van der Waals surface area contributed by atoms with Gasteiger partial charge in [0.05, 0.1) is 19.4 Å². The van der Waals surface area contributed by atoms with Crippen LogP contribution in [0.1, 0.15) is 23.8 Å². The fourth-order valence-corrected chi connectivity index (χ4v) is 2.58. The van der Waals surface area contributed by atoms with E-state index in [2.05, 4.69) is 21.5 Å². The number of hydrogen-bond acceptors (Lipinski definition) is 5. The van der Waals surface area contributed by atoms with Gasteiger partial charge in [-0.05, 0) is 24.1 Å². The second-order valence-electron chi connectivity index (χ2n) is 5.61. The topological polar surface area (TPSA) is 95.4 Å². The Morgan fingerprint density at radius 3 is 2.67 bits per heavy atom. The van der Waals surface area contributed by atoms with Crippen molar-refractivity contribution in [3.8, 4) is 0 Å². The molecule has 0 saturated carbocycles. The standard InChI is InChI=1S/C17H20N4O3/c22-16(18-10-13-7-4-8-24-13)11-19-17(23)15-9-14(20-21-15)12-5-2-1-3-6-12/h1-8,14-15,20-21H,9-11H2,(H,18,22)(H,19,23). The first-order valence-electron chi connectivity index (χ1n) is 7.85. The first-order valence-corrected chi connectivity index (χ1v) is 7.85. The molecule has 2 atom stereocenters. The molecule has 0 spiro atoms. The van der Waals surface area contributed by atoms with Gasteiger partial charge in [-0.25, -0.2) is 10.9 Å². The molecule has 1 aromatic carbocycles. The van der Waals surface area contributed by atoms with Crippen molar-refractivity contribution in [2.75, 3.05) is 6.54 Å². The lowest BCUT2D eigenvalue weighted by Gasteiger charge is -2.10. The molecule has 7 nitrogen and oxygen atoms in total. The van der Waals surface area contributed by atoms with Crippen LogP contribution >= 0.6 is 0 Å². The van der Waals surface area contributed by atoms with E-state index in [1.165, 1.54) is 0 Å². The van der Waals surface area contributed by atoms with Crippen molar-refractivity contribution in [3.63, 3.8) is 0 Å². The zero-order valence-corrected chi connectivity index (χ0v) is 13.1. The van der Waals surface area contributed by atoms with Crippen LogP contribution in [0.25, 0.3) is 0 Å². The molecule has 4 N–H and O–H groups in total. The molecule has 1 aromatic heterocycles. The van der Waals surface area contributed by atoms with E-state index in [0.29, 0.717) is 18.7 Å². The number of carbonyl (C=O) groups excluding carboxylic acids is 2. The molecule has 2 heterocycles. The molecule has 2 aromatic rings. The van der Waals surface area contributed by atoms with Crippen LogP contribution in [0.4, 0.5) is 0 Å². The van der Waals surface area contributed by atoms with Crippen LogP contribution in [0.5, 0.6) is 0 Å². The van der Waals surface area contributed by atoms with Crippen molar-refractivity contribution in [1.29, 1.82) is 0 Å². The summed E-state index contributed by atoms with van der Waals surface area (Å²) >= 11 is 0. The molecule has 0 bridgehead atoms. The number of rotatable bonds is 6. The maximum Gasteiger partial charge on any atom is 0.239 e. The Balaban J connectivity index is 1.40. The van der Waals surface area contributed by atoms with Crippen molar-refractivity contribution in [2.24, 2.45) is 0 Å². The Kier molecular flexibility index (Phi) is 5.25. The molecule has 1 saturated heterocycles. The van der Waals surface area contributed by atoms with Crippen LogP contribution in [-0.4, -0.2) is 24.4 Å². The van der Waals surface area contributed by atoms with Gasteiger partial charge < -0.3 is 15.1 Å². The van der Waals surface area contributed by atoms with Crippen LogP contribution in [0.15, 0.2) is 53.1 Å². The predicted molar refractivity (Wildman–Crippen MR) is 87.4 cm³/mol. The molecule has 1 aliphatic rings. The second kappa shape index (κ2) is 7.76. The number of hydrazine groups is 1. The molecule has 2 unspecified atom stereocenters. The highest BCUT2D eigenvalue weighted by Gasteiger charge is 2.29. The highest BCUT2D eigenvalue weighted by atomic mass is 16.3. The van der Waals surface area contributed by atoms with E-state index in [-0.39, 0.29) is 30.4 Å². The average molecular weight is 328 g/mol. The largest absolute Gasteiger partial charge is 0.467 e. The maximum absolute atomic E-state index is 12.1. The first kappa shape index (κ1) is 16.2. The fourth-order valence-electron chi connectivity index (χ4n) is 2.58. The lowest BCUT2D eigenvalue weighted by Crippen LogP contribution is -2.46. The lowest BCUT2D eigenvalue weighted by atomic mass is 10.0. The normalized spacial score (nSPS) is 19.8. The summed E-state index contributed by atoms with van der Waals surface area (Å²) in [6.45, 7) is 0.245. The summed E-state index contributed by atoms with van der Waals surface area (Å²) in [5.41, 5.74) is 7.21. The van der Waals surface area contributed by atoms with Gasteiger partial charge in [0.25, 0.3) is 0 Å². The molecule has 2 amide bonds. The van der Waals surface area contributed by atoms with Gasteiger partial charge in [0.15, 0.2) is 0 Å². The van der Waals surface area contributed by atoms with Crippen LogP contribution < -0.4 is 21.5 Å². The third-order valence-electron chi connectivity index (χ3n) is 3.88. The van der Waals surface area contributed by atoms with E-state index in [4.69, 9.17) is 4.42 Å². The molecule has 126 valence electrons. The monoisotopic (exact) mass is 328 g/mol. The fraction of sp³-hybridized carbons (Fsp3) is 0.294. The first-order chi connectivity index (χ1) is 11.7. The van der Waals surface area contributed by atoms with E-state index in [1.54, 1.807) is 18.4 Å². The van der Waals surface area contributed by atoms with Gasteiger partial charge in [-0.2, -0.15) is 0 Å². The summed E-state index contributed by atoms with van der Waals surface area (Å²) in [6.07, 6.45) is 2.18. The van der Waals surface area contributed by atoms with Crippen LogP contribution in [0, 0.1) is 0 Å². The van der Waals surface area contributed by atoms with Gasteiger partial charge in [-0.1, -0.05) is 30.3 Å². The zero-order chi connectivity index (χ0) is 16.8. The van der Waals surface area contributed by atoms with Gasteiger partial charge in [-0.15, -0.1) is 0 Å². The van der Waals surface area contributed by atoms with Crippen LogP contribution in [-0.2, 0) is 16.1 Å². The highest BCUT2D eigenvalue weighted by Crippen LogP contribution is 2.21. The number of benzene rings is 1. The summed E-state index contributed by atoms with van der Waals surface area (Å²) in [5, 5.41) is 5.32. The number of nitrogens with one attached hydrogen (secondary N) is 4. The van der Waals surface area contributed by atoms with E-state index >= 15 is 0 Å². The summed E-state index contributed by atoms with van der Waals surface area (Å²) in [6, 6.07) is 13.2. The third-order valence-corrected chi connectivity index (χ3v) is 3.88. The van der Waals surface area contributed by atoms with Crippen molar-refractivity contribution >= 4 is 11.8 Å². The SMILES string of the molecule is O=C(CNC(=O)C1CC(c2ccccc2)NN1)NCc1ccco1. The van der Waals surface area contributed by atoms with Gasteiger partial charge in [-0.3, -0.25) is 9.59 Å². The van der Waals surface area contributed by atoms with Crippen molar-refractivity contribution in [1.82, 2.24) is 21.5 Å². The molecule has 0 radical (unpaired) electrons. The average Bonchev–Trinajstić information content (AvgIpc) is 3.30. The summed E-state index contributed by atoms with van der Waals surface area (Å²) in [5.74, 6) is 0.210. The molecule has 3 rings (SSSR count). The van der Waals surface area contributed by atoms with Crippen molar-refractivity contribution in [3.05, 3.63) is 60.1 Å².